The average molecular weight is 396 g/mol. The second-order valence-corrected chi connectivity index (χ2v) is 7.37. The zero-order valence-electron chi connectivity index (χ0n) is 15.5. The van der Waals surface area contributed by atoms with Crippen molar-refractivity contribution in [3.63, 3.8) is 0 Å². The van der Waals surface area contributed by atoms with Gasteiger partial charge in [0.2, 0.25) is 16.9 Å². The smallest absolute Gasteiger partial charge is 0.237 e. The maximum absolute atomic E-state index is 13.8. The minimum atomic E-state index is -0.300. The Labute approximate surface area is 165 Å². The van der Waals surface area contributed by atoms with E-state index in [0.29, 0.717) is 33.8 Å². The Morgan fingerprint density at radius 2 is 1.93 bits per heavy atom. The number of aryl methyl sites for hydroxylation is 3. The summed E-state index contributed by atoms with van der Waals surface area (Å²) in [4.78, 5) is 4.34. The Balaban J connectivity index is 1.51. The number of rotatable bonds is 5. The van der Waals surface area contributed by atoms with Crippen LogP contribution in [0.15, 0.2) is 46.1 Å². The Hall–Kier alpha value is -3.07. The summed E-state index contributed by atoms with van der Waals surface area (Å²) >= 11 is 1.39. The van der Waals surface area contributed by atoms with Crippen molar-refractivity contribution in [1.29, 1.82) is 0 Å². The molecule has 0 N–H and O–H groups in total. The maximum atomic E-state index is 13.8. The fraction of sp³-hybridized carbons (Fsp3) is 0.211. The minimum absolute atomic E-state index is 0.300. The molecule has 2 aromatic heterocycles. The Morgan fingerprint density at radius 1 is 1.07 bits per heavy atom. The van der Waals surface area contributed by atoms with Crippen LogP contribution in [-0.4, -0.2) is 30.3 Å². The molecule has 28 heavy (non-hydrogen) atoms. The van der Waals surface area contributed by atoms with E-state index in [0.717, 1.165) is 11.3 Å². The highest BCUT2D eigenvalue weighted by molar-refractivity contribution is 7.98. The van der Waals surface area contributed by atoms with E-state index in [4.69, 9.17) is 4.52 Å². The number of halogens is 1. The van der Waals surface area contributed by atoms with Crippen LogP contribution in [0, 0.1) is 26.6 Å². The van der Waals surface area contributed by atoms with E-state index in [1.807, 2.05) is 26.0 Å². The van der Waals surface area contributed by atoms with Crippen molar-refractivity contribution in [1.82, 2.24) is 30.3 Å². The molecule has 0 atom stereocenters. The number of nitrogens with zero attached hydrogens (tertiary/aromatic N) is 6. The van der Waals surface area contributed by atoms with Gasteiger partial charge in [-0.3, -0.25) is 0 Å². The summed E-state index contributed by atoms with van der Waals surface area (Å²) < 4.78 is 20.7. The molecule has 0 saturated heterocycles. The van der Waals surface area contributed by atoms with E-state index in [9.17, 15) is 4.39 Å². The lowest BCUT2D eigenvalue weighted by Crippen LogP contribution is -2.02. The zero-order valence-corrected chi connectivity index (χ0v) is 16.4. The quantitative estimate of drug-likeness (QED) is 0.470. The summed E-state index contributed by atoms with van der Waals surface area (Å²) in [5.41, 5.74) is 4.31. The number of aromatic nitrogens is 6. The third-order valence-corrected chi connectivity index (χ3v) is 5.15. The van der Waals surface area contributed by atoms with Gasteiger partial charge in [-0.15, -0.1) is 5.10 Å². The van der Waals surface area contributed by atoms with Crippen LogP contribution < -0.4 is 0 Å². The first-order valence-corrected chi connectivity index (χ1v) is 9.58. The minimum Gasteiger partial charge on any atom is -0.338 e. The van der Waals surface area contributed by atoms with Crippen molar-refractivity contribution in [2.75, 3.05) is 0 Å². The van der Waals surface area contributed by atoms with Gasteiger partial charge < -0.3 is 4.52 Å². The van der Waals surface area contributed by atoms with Gasteiger partial charge >= 0.3 is 0 Å². The first-order chi connectivity index (χ1) is 13.5. The summed E-state index contributed by atoms with van der Waals surface area (Å²) in [5.74, 6) is 0.859. The lowest BCUT2D eigenvalue weighted by molar-refractivity contribution is 0.391. The van der Waals surface area contributed by atoms with Gasteiger partial charge in [0.05, 0.1) is 11.4 Å². The first kappa shape index (κ1) is 18.3. The van der Waals surface area contributed by atoms with Crippen LogP contribution in [0.3, 0.4) is 0 Å². The molecule has 4 rings (SSSR count). The van der Waals surface area contributed by atoms with Crippen LogP contribution in [0.1, 0.15) is 22.6 Å². The SMILES string of the molecule is Cc1ccc(-n2nnnc2SCc2nc(-c3ccc(C)c(F)c3)no2)c(C)c1. The third kappa shape index (κ3) is 3.65. The molecule has 0 radical (unpaired) electrons. The number of thioether (sulfide) groups is 1. The van der Waals surface area contributed by atoms with E-state index in [2.05, 4.69) is 31.7 Å². The lowest BCUT2D eigenvalue weighted by atomic mass is 10.1. The number of benzene rings is 2. The van der Waals surface area contributed by atoms with Crippen molar-refractivity contribution in [3.05, 3.63) is 64.8 Å². The van der Waals surface area contributed by atoms with Crippen molar-refractivity contribution in [3.8, 4) is 17.1 Å². The number of hydrogen-bond acceptors (Lipinski definition) is 7. The predicted octanol–water partition coefficient (Wildman–Crippen LogP) is 4.07. The lowest BCUT2D eigenvalue weighted by Gasteiger charge is -2.07. The molecular weight excluding hydrogens is 379 g/mol. The van der Waals surface area contributed by atoms with Crippen molar-refractivity contribution in [2.45, 2.75) is 31.7 Å². The zero-order chi connectivity index (χ0) is 19.7. The van der Waals surface area contributed by atoms with Crippen molar-refractivity contribution >= 4 is 11.8 Å². The summed E-state index contributed by atoms with van der Waals surface area (Å²) in [7, 11) is 0. The molecule has 0 aliphatic heterocycles. The van der Waals surface area contributed by atoms with E-state index < -0.39 is 0 Å². The Kier molecular flexibility index (Phi) is 4.91. The molecule has 0 aliphatic carbocycles. The molecule has 2 heterocycles. The molecule has 0 fully saturated rings. The highest BCUT2D eigenvalue weighted by atomic mass is 32.2. The normalized spacial score (nSPS) is 11.1. The van der Waals surface area contributed by atoms with Gasteiger partial charge in [0.15, 0.2) is 0 Å². The molecule has 0 unspecified atom stereocenters. The van der Waals surface area contributed by atoms with Gasteiger partial charge in [-0.2, -0.15) is 9.67 Å². The average Bonchev–Trinajstić information content (AvgIpc) is 3.32. The molecule has 7 nitrogen and oxygen atoms in total. The van der Waals surface area contributed by atoms with Gasteiger partial charge in [0.1, 0.15) is 5.82 Å². The summed E-state index contributed by atoms with van der Waals surface area (Å²) in [6.07, 6.45) is 0. The van der Waals surface area contributed by atoms with Gasteiger partial charge in [0.25, 0.3) is 0 Å². The molecule has 0 aliphatic rings. The first-order valence-electron chi connectivity index (χ1n) is 8.59. The van der Waals surface area contributed by atoms with E-state index in [-0.39, 0.29) is 5.82 Å². The van der Waals surface area contributed by atoms with E-state index in [1.54, 1.807) is 23.7 Å². The topological polar surface area (TPSA) is 82.5 Å². The fourth-order valence-corrected chi connectivity index (χ4v) is 3.47. The van der Waals surface area contributed by atoms with Crippen LogP contribution in [0.4, 0.5) is 4.39 Å². The Morgan fingerprint density at radius 3 is 2.71 bits per heavy atom. The fourth-order valence-electron chi connectivity index (χ4n) is 2.75. The second kappa shape index (κ2) is 7.51. The molecule has 0 saturated carbocycles. The third-order valence-electron chi connectivity index (χ3n) is 4.24. The Bertz CT molecular complexity index is 1140. The van der Waals surface area contributed by atoms with Gasteiger partial charge in [-0.25, -0.2) is 4.39 Å². The molecule has 142 valence electrons. The highest BCUT2D eigenvalue weighted by Crippen LogP contribution is 2.25. The predicted molar refractivity (Wildman–Crippen MR) is 103 cm³/mol. The van der Waals surface area contributed by atoms with Crippen LogP contribution in [0.5, 0.6) is 0 Å². The van der Waals surface area contributed by atoms with Gasteiger partial charge in [0, 0.05) is 5.56 Å². The summed E-state index contributed by atoms with van der Waals surface area (Å²) in [5, 5.41) is 16.5. The molecule has 0 amide bonds. The van der Waals surface area contributed by atoms with E-state index >= 15 is 0 Å². The van der Waals surface area contributed by atoms with Crippen LogP contribution in [0.25, 0.3) is 17.1 Å². The van der Waals surface area contributed by atoms with Crippen molar-refractivity contribution in [2.24, 2.45) is 0 Å². The largest absolute Gasteiger partial charge is 0.338 e. The standard InChI is InChI=1S/C19H17FN6OS/c1-11-4-7-16(13(3)8-11)26-19(22-24-25-26)28-10-17-21-18(23-27-17)14-6-5-12(2)15(20)9-14/h4-9H,10H2,1-3H3. The molecule has 0 spiro atoms. The molecular formula is C19H17FN6OS. The van der Waals surface area contributed by atoms with Crippen LogP contribution >= 0.6 is 11.8 Å². The summed E-state index contributed by atoms with van der Waals surface area (Å²) in [6, 6.07) is 10.9. The highest BCUT2D eigenvalue weighted by Gasteiger charge is 2.15. The molecule has 0 bridgehead atoms. The van der Waals surface area contributed by atoms with Crippen LogP contribution in [0.2, 0.25) is 0 Å². The summed E-state index contributed by atoms with van der Waals surface area (Å²) in [6.45, 7) is 5.76. The monoisotopic (exact) mass is 396 g/mol. The molecule has 2 aromatic carbocycles. The number of hydrogen-bond donors (Lipinski definition) is 0. The molecule has 4 aromatic rings. The maximum Gasteiger partial charge on any atom is 0.237 e. The van der Waals surface area contributed by atoms with Gasteiger partial charge in [-0.1, -0.05) is 46.7 Å². The van der Waals surface area contributed by atoms with Gasteiger partial charge in [-0.05, 0) is 54.5 Å². The van der Waals surface area contributed by atoms with Crippen molar-refractivity contribution < 1.29 is 8.91 Å². The second-order valence-electron chi connectivity index (χ2n) is 6.43. The molecule has 9 heteroatoms. The van der Waals surface area contributed by atoms with E-state index in [1.165, 1.54) is 23.4 Å². The van der Waals surface area contributed by atoms with Crippen LogP contribution in [-0.2, 0) is 5.75 Å². The number of tetrazole rings is 1.